The minimum atomic E-state index is -1.11. The maximum atomic E-state index is 12.6. The summed E-state index contributed by atoms with van der Waals surface area (Å²) in [6.45, 7) is 31.6. The highest BCUT2D eigenvalue weighted by Gasteiger charge is 2.33. The van der Waals surface area contributed by atoms with Crippen molar-refractivity contribution >= 4 is 135 Å². The summed E-state index contributed by atoms with van der Waals surface area (Å²) < 4.78 is 55.8. The van der Waals surface area contributed by atoms with Crippen molar-refractivity contribution in [2.24, 2.45) is 0 Å². The number of hydrogen-bond donors (Lipinski definition) is 8. The van der Waals surface area contributed by atoms with Crippen molar-refractivity contribution < 1.29 is 121 Å². The summed E-state index contributed by atoms with van der Waals surface area (Å²) in [7, 11) is 0. The number of ether oxygens (including phenoxy) is 10. The van der Waals surface area contributed by atoms with Gasteiger partial charge in [-0.1, -0.05) is 204 Å². The van der Waals surface area contributed by atoms with Crippen LogP contribution in [-0.2, 0) is 71.5 Å². The van der Waals surface area contributed by atoms with E-state index in [1.54, 1.807) is 156 Å². The number of aliphatic hydroxyl groups excluding tert-OH is 1. The lowest BCUT2D eigenvalue weighted by Crippen LogP contribution is -2.30. The number of benzene rings is 10. The van der Waals surface area contributed by atoms with Gasteiger partial charge in [-0.3, -0.25) is 0 Å². The SMILES string of the molecule is C=CC(=O)OC(C)(C)C.CC(C)(C)OC(=O)/C=C/c1ccc(/C=C/C(=O)OC(C)(C)C)c(O)c1.CC(C)(C)OC(=O)/C=C/c1ccc(/C=C/C(=O)OC(C)(C)C)c(OCCNC(=O)OCC2c3ccccc3-c3ccccc32)c1.O=C(NCCO)OCC1c2ccccc2-c2ccccc21.O=C(O)/C=C/c1ccc(/C=C/C(=O)O)c(OCCNC(=O)OCC2c3ccccc3-c3ccccc32)c1.Oc1cc(Br)ccc1I. The molecule has 0 atom stereocenters. The normalized spacial score (nSPS) is 12.3. The second kappa shape index (κ2) is 55.6. The Labute approximate surface area is 873 Å². The van der Waals surface area contributed by atoms with E-state index in [1.807, 2.05) is 118 Å². The summed E-state index contributed by atoms with van der Waals surface area (Å²) in [6, 6.07) is 69.3. The smallest absolute Gasteiger partial charge is 0.407 e. The Hall–Kier alpha value is -15.2. The van der Waals surface area contributed by atoms with Crippen LogP contribution in [0.4, 0.5) is 14.4 Å². The van der Waals surface area contributed by atoms with Crippen molar-refractivity contribution in [3.05, 3.63) is 342 Å². The zero-order valence-corrected chi connectivity index (χ0v) is 88.0. The molecule has 0 bridgehead atoms. The molecule has 0 heterocycles. The average Bonchev–Trinajstić information content (AvgIpc) is 1.62. The zero-order valence-electron chi connectivity index (χ0n) is 84.3. The van der Waals surface area contributed by atoms with Crippen LogP contribution in [0.3, 0.4) is 0 Å². The van der Waals surface area contributed by atoms with Gasteiger partial charge < -0.3 is 88.9 Å². The van der Waals surface area contributed by atoms with Gasteiger partial charge in [0, 0.05) is 88.0 Å². The third-order valence-electron chi connectivity index (χ3n) is 20.4. The maximum Gasteiger partial charge on any atom is 0.407 e. The third-order valence-corrected chi connectivity index (χ3v) is 21.8. The molecule has 3 aliphatic carbocycles. The fourth-order valence-electron chi connectivity index (χ4n) is 14.5. The summed E-state index contributed by atoms with van der Waals surface area (Å²) in [5.41, 5.74) is 14.7. The molecule has 0 aromatic heterocycles. The van der Waals surface area contributed by atoms with Crippen LogP contribution in [0.5, 0.6) is 23.0 Å². The Morgan fingerprint density at radius 1 is 0.342 bits per heavy atom. The van der Waals surface area contributed by atoms with Gasteiger partial charge in [0.15, 0.2) is 0 Å². The molecular formula is C116H125BrIN3O25. The third kappa shape index (κ3) is 40.2. The van der Waals surface area contributed by atoms with Crippen LogP contribution in [0.1, 0.15) is 188 Å². The van der Waals surface area contributed by atoms with Crippen molar-refractivity contribution in [2.75, 3.05) is 59.3 Å². The van der Waals surface area contributed by atoms with Gasteiger partial charge >= 0.3 is 60.1 Å². The molecule has 13 rings (SSSR count). The Bertz CT molecular complexity index is 6300. The first-order valence-electron chi connectivity index (χ1n) is 46.7. The van der Waals surface area contributed by atoms with Crippen LogP contribution in [-0.4, -0.2) is 173 Å². The van der Waals surface area contributed by atoms with Crippen LogP contribution in [0, 0.1) is 3.57 Å². The number of esters is 5. The predicted octanol–water partition coefficient (Wildman–Crippen LogP) is 23.0. The first kappa shape index (κ1) is 116. The number of carboxylic acid groups (broad SMARTS) is 2. The number of carbonyl (C=O) groups excluding carboxylic acids is 8. The molecule has 0 spiro atoms. The number of carbonyl (C=O) groups is 10. The van der Waals surface area contributed by atoms with E-state index < -0.39 is 82.1 Å². The topological polar surface area (TPSA) is 400 Å². The van der Waals surface area contributed by atoms with Crippen LogP contribution >= 0.6 is 38.5 Å². The van der Waals surface area contributed by atoms with Crippen molar-refractivity contribution in [3.63, 3.8) is 0 Å². The molecule has 8 N–H and O–H groups in total. The second-order valence-corrected chi connectivity index (χ2v) is 39.8. The summed E-state index contributed by atoms with van der Waals surface area (Å²) >= 11 is 5.30. The number of phenols is 2. The molecule has 10 aromatic rings. The van der Waals surface area contributed by atoms with Crippen molar-refractivity contribution in [2.45, 2.75) is 150 Å². The number of aromatic hydroxyl groups is 2. The van der Waals surface area contributed by atoms with E-state index >= 15 is 0 Å². The fourth-order valence-corrected chi connectivity index (χ4v) is 15.2. The van der Waals surface area contributed by atoms with Gasteiger partial charge in [0.2, 0.25) is 0 Å². The second-order valence-electron chi connectivity index (χ2n) is 37.7. The summed E-state index contributed by atoms with van der Waals surface area (Å²) in [4.78, 5) is 116. The first-order valence-corrected chi connectivity index (χ1v) is 48.6. The standard InChI is InChI=1S/C37H41NO7.C29H25NO7.C20H26O5.C17H17NO3.C7H12O2.C6H4BrIO/c1-36(2,3)44-33(39)19-16-25-15-17-26(18-20-34(40)45-37(4,5)6)32(23-25)42-22-21-38-35(41)43-24-31-29-13-9-7-11-27(29)28-12-8-10-14-30(28)31;31-27(32)13-10-19-9-11-20(12-14-28(33)34)26(17-19)36-16-15-30-29(35)37-18-25-23-7-3-1-5-21(23)22-6-2-4-8-24(22)25;1-19(2,3)24-17(22)11-8-14-7-9-15(16(21)13-14)10-12-18(23)25-20(4,5)6;19-10-9-18-17(20)21-11-16-14-7-3-1-5-12(14)13-6-2-4-8-15(13)16;1-5-6(8)9-7(2,3)4;7-4-1-2-5(8)6(9)3-4/h7-20,23,31H,21-22,24H2,1-6H3,(H,38,41);1-14,17,25H,15-16,18H2,(H,30,35)(H,31,32)(H,33,34);7-13,21H,1-6H3;1-8,16,19H,9-11H2,(H,18,20);5H,1H2,2-4H3;1-3,9H/b19-16+,20-18+;13-10+,14-12+;11-8+,12-10+;;;. The maximum absolute atomic E-state index is 12.6. The van der Waals surface area contributed by atoms with Crippen molar-refractivity contribution in [1.29, 1.82) is 0 Å². The van der Waals surface area contributed by atoms with E-state index in [4.69, 9.17) is 67.8 Å². The minimum absolute atomic E-state index is 0.00820. The van der Waals surface area contributed by atoms with Crippen molar-refractivity contribution in [3.8, 4) is 56.4 Å². The van der Waals surface area contributed by atoms with E-state index in [-0.39, 0.29) is 82.1 Å². The molecule has 0 unspecified atom stereocenters. The Morgan fingerprint density at radius 3 is 0.904 bits per heavy atom. The predicted molar refractivity (Wildman–Crippen MR) is 576 cm³/mol. The van der Waals surface area contributed by atoms with Gasteiger partial charge in [0.05, 0.1) is 23.3 Å². The summed E-state index contributed by atoms with van der Waals surface area (Å²) in [5.74, 6) is -3.37. The number of alkyl carbamates (subject to hydrolysis) is 3. The number of nitrogens with one attached hydrogen (secondary N) is 3. The number of carboxylic acids is 2. The lowest BCUT2D eigenvalue weighted by atomic mass is 9.98. The molecule has 10 aromatic carbocycles. The molecule has 3 amide bonds. The summed E-state index contributed by atoms with van der Waals surface area (Å²) in [6.07, 6.45) is 15.8. The van der Waals surface area contributed by atoms with Crippen molar-refractivity contribution in [1.82, 2.24) is 16.0 Å². The molecule has 768 valence electrons. The number of halogens is 2. The molecule has 0 saturated heterocycles. The van der Waals surface area contributed by atoms with Gasteiger partial charge in [-0.05, 0) is 283 Å². The lowest BCUT2D eigenvalue weighted by Gasteiger charge is -2.18. The van der Waals surface area contributed by atoms with E-state index in [9.17, 15) is 53.1 Å². The largest absolute Gasteiger partial charge is 0.507 e. The number of fused-ring (bicyclic) bond motifs is 9. The molecular weight excluding hydrogens is 2040 g/mol. The molecule has 30 heteroatoms. The quantitative estimate of drug-likeness (QED) is 0.00709. The fraction of sp³-hybridized carbons (Fsp3) is 0.276. The van der Waals surface area contributed by atoms with Gasteiger partial charge in [-0.15, -0.1) is 0 Å². The summed E-state index contributed by atoms with van der Waals surface area (Å²) in [5, 5.41) is 53.4. The molecule has 0 saturated carbocycles. The van der Waals surface area contributed by atoms with E-state index in [0.29, 0.717) is 57.2 Å². The average molecular weight is 2170 g/mol. The molecule has 0 aliphatic heterocycles. The molecule has 3 aliphatic rings. The highest BCUT2D eigenvalue weighted by molar-refractivity contribution is 14.1. The number of aliphatic hydroxyl groups is 1. The van der Waals surface area contributed by atoms with Gasteiger partial charge in [-0.25, -0.2) is 47.9 Å². The van der Waals surface area contributed by atoms with Crippen LogP contribution in [0.2, 0.25) is 0 Å². The first-order chi connectivity index (χ1) is 69.0. The number of aliphatic carboxylic acids is 2. The molecule has 0 radical (unpaired) electrons. The van der Waals surface area contributed by atoms with E-state index in [2.05, 4.69) is 122 Å². The Balaban J connectivity index is 0.000000231. The van der Waals surface area contributed by atoms with Crippen LogP contribution in [0.25, 0.3) is 69.8 Å². The number of rotatable bonds is 29. The monoisotopic (exact) mass is 2170 g/mol. The van der Waals surface area contributed by atoms with Crippen LogP contribution in [0.15, 0.2) is 272 Å². The van der Waals surface area contributed by atoms with E-state index in [0.717, 1.165) is 70.8 Å². The minimum Gasteiger partial charge on any atom is -0.507 e. The number of amides is 3. The number of hydrogen-bond acceptors (Lipinski definition) is 23. The molecule has 28 nitrogen and oxygen atoms in total. The highest BCUT2D eigenvalue weighted by Crippen LogP contribution is 2.48. The van der Waals surface area contributed by atoms with Gasteiger partial charge in [0.1, 0.15) is 84.0 Å². The Morgan fingerprint density at radius 2 is 0.616 bits per heavy atom. The number of phenolic OH excluding ortho intramolecular Hbond substituents is 2. The van der Waals surface area contributed by atoms with E-state index in [1.165, 1.54) is 70.9 Å². The molecule has 0 fully saturated rings. The highest BCUT2D eigenvalue weighted by atomic mass is 127. The lowest BCUT2D eigenvalue weighted by molar-refractivity contribution is -0.149. The van der Waals surface area contributed by atoms with Gasteiger partial charge in [0.25, 0.3) is 0 Å². The zero-order chi connectivity index (χ0) is 107. The van der Waals surface area contributed by atoms with Gasteiger partial charge in [-0.2, -0.15) is 0 Å². The Kier molecular flexibility index (Phi) is 44.2. The van der Waals surface area contributed by atoms with Crippen LogP contribution < -0.4 is 25.4 Å². The molecule has 146 heavy (non-hydrogen) atoms.